The van der Waals surface area contributed by atoms with Gasteiger partial charge in [-0.2, -0.15) is 0 Å². The van der Waals surface area contributed by atoms with E-state index in [0.29, 0.717) is 5.56 Å². The highest BCUT2D eigenvalue weighted by Crippen LogP contribution is 2.33. The predicted molar refractivity (Wildman–Crippen MR) is 71.2 cm³/mol. The molecule has 1 saturated carbocycles. The van der Waals surface area contributed by atoms with Gasteiger partial charge < -0.3 is 4.90 Å². The zero-order valence-electron chi connectivity index (χ0n) is 10.3. The molecule has 0 atom stereocenters. The van der Waals surface area contributed by atoms with Gasteiger partial charge >= 0.3 is 0 Å². The predicted octanol–water partition coefficient (Wildman–Crippen LogP) is 4.19. The third-order valence-electron chi connectivity index (χ3n) is 3.24. The molecule has 0 amide bonds. The van der Waals surface area contributed by atoms with Crippen molar-refractivity contribution in [2.75, 3.05) is 18.0 Å². The van der Waals surface area contributed by atoms with E-state index in [4.69, 9.17) is 11.6 Å². The van der Waals surface area contributed by atoms with E-state index in [9.17, 15) is 4.39 Å². The zero-order valence-corrected chi connectivity index (χ0v) is 11.0. The van der Waals surface area contributed by atoms with Crippen LogP contribution in [0, 0.1) is 11.7 Å². The van der Waals surface area contributed by atoms with Gasteiger partial charge in [-0.05, 0) is 37.3 Å². The van der Waals surface area contributed by atoms with Crippen molar-refractivity contribution in [3.63, 3.8) is 0 Å². The maximum atomic E-state index is 13.7. The van der Waals surface area contributed by atoms with Gasteiger partial charge in [0.15, 0.2) is 0 Å². The number of hydrogen-bond acceptors (Lipinski definition) is 1. The van der Waals surface area contributed by atoms with Crippen molar-refractivity contribution in [3.05, 3.63) is 29.6 Å². The maximum absolute atomic E-state index is 13.7. The monoisotopic (exact) mass is 255 g/mol. The Morgan fingerprint density at radius 1 is 1.41 bits per heavy atom. The van der Waals surface area contributed by atoms with E-state index in [1.54, 1.807) is 6.07 Å². The number of hydrogen-bond donors (Lipinski definition) is 0. The van der Waals surface area contributed by atoms with Crippen molar-refractivity contribution in [3.8, 4) is 0 Å². The Morgan fingerprint density at radius 3 is 2.76 bits per heavy atom. The van der Waals surface area contributed by atoms with E-state index in [1.165, 1.54) is 18.9 Å². The molecule has 1 aliphatic carbocycles. The second-order valence-corrected chi connectivity index (χ2v) is 5.03. The molecule has 94 valence electrons. The van der Waals surface area contributed by atoms with Gasteiger partial charge in [-0.25, -0.2) is 4.39 Å². The van der Waals surface area contributed by atoms with Gasteiger partial charge in [0.05, 0.1) is 5.88 Å². The fourth-order valence-electron chi connectivity index (χ4n) is 2.17. The van der Waals surface area contributed by atoms with E-state index < -0.39 is 0 Å². The molecule has 0 spiro atoms. The number of nitrogens with zero attached hydrogens (tertiary/aromatic N) is 1. The molecule has 1 aromatic carbocycles. The lowest BCUT2D eigenvalue weighted by Crippen LogP contribution is -2.27. The van der Waals surface area contributed by atoms with Crippen LogP contribution in [0.4, 0.5) is 10.1 Å². The molecular weight excluding hydrogens is 237 g/mol. The molecule has 0 unspecified atom stereocenters. The van der Waals surface area contributed by atoms with Crippen LogP contribution in [0.25, 0.3) is 0 Å². The summed E-state index contributed by atoms with van der Waals surface area (Å²) in [6.45, 7) is 4.17. The Morgan fingerprint density at radius 2 is 2.18 bits per heavy atom. The Hall–Kier alpha value is -0.760. The molecule has 2 rings (SSSR count). The third kappa shape index (κ3) is 3.12. The lowest BCUT2D eigenvalue weighted by Gasteiger charge is -2.26. The van der Waals surface area contributed by atoms with Crippen molar-refractivity contribution in [1.82, 2.24) is 0 Å². The topological polar surface area (TPSA) is 3.24 Å². The minimum Gasteiger partial charge on any atom is -0.371 e. The van der Waals surface area contributed by atoms with E-state index in [-0.39, 0.29) is 11.7 Å². The Bertz CT molecular complexity index is 376. The summed E-state index contributed by atoms with van der Waals surface area (Å²) in [6, 6.07) is 5.25. The van der Waals surface area contributed by atoms with Crippen LogP contribution in [-0.4, -0.2) is 13.1 Å². The first-order chi connectivity index (χ1) is 8.26. The smallest absolute Gasteiger partial charge is 0.129 e. The molecule has 3 heteroatoms. The van der Waals surface area contributed by atoms with Crippen molar-refractivity contribution in [1.29, 1.82) is 0 Å². The van der Waals surface area contributed by atoms with Crippen molar-refractivity contribution in [2.45, 2.75) is 32.1 Å². The van der Waals surface area contributed by atoms with Crippen molar-refractivity contribution in [2.24, 2.45) is 5.92 Å². The van der Waals surface area contributed by atoms with Gasteiger partial charge in [0.25, 0.3) is 0 Å². The van der Waals surface area contributed by atoms with Gasteiger partial charge in [0.1, 0.15) is 5.82 Å². The summed E-state index contributed by atoms with van der Waals surface area (Å²) >= 11 is 5.87. The lowest BCUT2D eigenvalue weighted by atomic mass is 10.1. The van der Waals surface area contributed by atoms with Gasteiger partial charge in [-0.3, -0.25) is 0 Å². The molecule has 0 bridgehead atoms. The highest BCUT2D eigenvalue weighted by atomic mass is 35.5. The summed E-state index contributed by atoms with van der Waals surface area (Å²) in [5, 5.41) is 0. The molecule has 0 aromatic heterocycles. The largest absolute Gasteiger partial charge is 0.371 e. The first-order valence-electron chi connectivity index (χ1n) is 6.34. The van der Waals surface area contributed by atoms with E-state index in [1.807, 2.05) is 6.07 Å². The van der Waals surface area contributed by atoms with Gasteiger partial charge in [-0.15, -0.1) is 11.6 Å². The molecule has 0 saturated heterocycles. The van der Waals surface area contributed by atoms with Crippen LogP contribution in [0.5, 0.6) is 0 Å². The zero-order chi connectivity index (χ0) is 12.3. The second kappa shape index (κ2) is 5.72. The molecule has 1 fully saturated rings. The molecule has 1 aromatic rings. The van der Waals surface area contributed by atoms with Crippen LogP contribution in [0.2, 0.25) is 0 Å². The van der Waals surface area contributed by atoms with Crippen LogP contribution in [0.1, 0.15) is 31.7 Å². The minimum atomic E-state index is -0.186. The first kappa shape index (κ1) is 12.7. The van der Waals surface area contributed by atoms with E-state index in [0.717, 1.165) is 31.1 Å². The second-order valence-electron chi connectivity index (χ2n) is 4.76. The van der Waals surface area contributed by atoms with Gasteiger partial charge in [0.2, 0.25) is 0 Å². The summed E-state index contributed by atoms with van der Waals surface area (Å²) < 4.78 is 13.7. The quantitative estimate of drug-likeness (QED) is 0.689. The highest BCUT2D eigenvalue weighted by molar-refractivity contribution is 6.17. The average molecular weight is 256 g/mol. The molecule has 0 radical (unpaired) electrons. The SMILES string of the molecule is CCCN(CC1CC1)c1cccc(F)c1CCl. The van der Waals surface area contributed by atoms with Crippen LogP contribution in [0.15, 0.2) is 18.2 Å². The molecule has 0 N–H and O–H groups in total. The molecular formula is C14H19ClFN. The Labute approximate surface area is 108 Å². The maximum Gasteiger partial charge on any atom is 0.129 e. The fraction of sp³-hybridized carbons (Fsp3) is 0.571. The lowest BCUT2D eigenvalue weighted by molar-refractivity contribution is 0.613. The van der Waals surface area contributed by atoms with Crippen LogP contribution < -0.4 is 4.90 Å². The molecule has 1 aliphatic rings. The minimum absolute atomic E-state index is 0.186. The van der Waals surface area contributed by atoms with Crippen molar-refractivity contribution < 1.29 is 4.39 Å². The Kier molecular flexibility index (Phi) is 4.27. The Balaban J connectivity index is 2.23. The van der Waals surface area contributed by atoms with Gasteiger partial charge in [-0.1, -0.05) is 13.0 Å². The summed E-state index contributed by atoms with van der Waals surface area (Å²) in [5.74, 6) is 0.856. The van der Waals surface area contributed by atoms with Crippen molar-refractivity contribution >= 4 is 17.3 Å². The van der Waals surface area contributed by atoms with Crippen LogP contribution in [0.3, 0.4) is 0 Å². The number of halogens is 2. The number of rotatable bonds is 6. The molecule has 0 heterocycles. The molecule has 17 heavy (non-hydrogen) atoms. The number of anilines is 1. The molecule has 1 nitrogen and oxygen atoms in total. The first-order valence-corrected chi connectivity index (χ1v) is 6.88. The number of benzene rings is 1. The fourth-order valence-corrected chi connectivity index (χ4v) is 2.43. The standard InChI is InChI=1S/C14H19ClFN/c1-2-8-17(10-11-6-7-11)14-5-3-4-13(16)12(14)9-15/h3-5,11H,2,6-10H2,1H3. The van der Waals surface area contributed by atoms with Crippen LogP contribution >= 0.6 is 11.6 Å². The van der Waals surface area contributed by atoms with Crippen LogP contribution in [-0.2, 0) is 5.88 Å². The van der Waals surface area contributed by atoms with E-state index >= 15 is 0 Å². The third-order valence-corrected chi connectivity index (χ3v) is 3.50. The summed E-state index contributed by atoms with van der Waals surface area (Å²) in [5.41, 5.74) is 1.62. The summed E-state index contributed by atoms with van der Waals surface area (Å²) in [7, 11) is 0. The van der Waals surface area contributed by atoms with Gasteiger partial charge in [0, 0.05) is 24.3 Å². The summed E-state index contributed by atoms with van der Waals surface area (Å²) in [6.07, 6.45) is 3.70. The van der Waals surface area contributed by atoms with E-state index in [2.05, 4.69) is 11.8 Å². The number of alkyl halides is 1. The molecule has 0 aliphatic heterocycles. The normalized spacial score (nSPS) is 15.0. The highest BCUT2D eigenvalue weighted by Gasteiger charge is 2.25. The summed E-state index contributed by atoms with van der Waals surface area (Å²) in [4.78, 5) is 2.29. The average Bonchev–Trinajstić information content (AvgIpc) is 3.12.